The van der Waals surface area contributed by atoms with E-state index in [-0.39, 0.29) is 5.56 Å². The molecule has 2 nitrogen and oxygen atoms in total. The molecule has 3 heteroatoms. The largest absolute Gasteiger partial charge is 0.315 e. The third kappa shape index (κ3) is 1.47. The van der Waals surface area contributed by atoms with Crippen molar-refractivity contribution in [1.29, 1.82) is 0 Å². The minimum Gasteiger partial charge on any atom is -0.315 e. The molecule has 0 aliphatic carbocycles. The fourth-order valence-corrected chi connectivity index (χ4v) is 1.76. The Morgan fingerprint density at radius 2 is 2.00 bits per heavy atom. The second-order valence-corrected chi connectivity index (χ2v) is 3.79. The van der Waals surface area contributed by atoms with Crippen molar-refractivity contribution in [1.82, 2.24) is 4.57 Å². The molecule has 0 aliphatic rings. The van der Waals surface area contributed by atoms with Crippen LogP contribution in [0.3, 0.4) is 0 Å². The fraction of sp³-hybridized carbons (Fsp3) is 0.375. The second kappa shape index (κ2) is 2.97. The second-order valence-electron chi connectivity index (χ2n) is 2.62. The Hall–Kier alpha value is -0.320. The molecule has 0 aliphatic heterocycles. The van der Waals surface area contributed by atoms with E-state index in [0.29, 0.717) is 0 Å². The number of rotatable bonds is 0. The molecule has 0 bridgehead atoms. The van der Waals surface area contributed by atoms with Crippen LogP contribution in [-0.2, 0) is 7.05 Å². The van der Waals surface area contributed by atoms with Crippen molar-refractivity contribution in [3.63, 3.8) is 0 Å². The lowest BCUT2D eigenvalue weighted by atomic mass is 10.3. The number of hydrogen-bond donors (Lipinski definition) is 0. The first-order chi connectivity index (χ1) is 5.04. The lowest BCUT2D eigenvalue weighted by molar-refractivity contribution is 0.802. The fourth-order valence-electron chi connectivity index (χ4n) is 0.933. The van der Waals surface area contributed by atoms with E-state index in [1.54, 1.807) is 11.6 Å². The molecule has 1 aromatic heterocycles. The SMILES string of the molecule is Cc1cc(I)c(C)n(C)c1=O. The van der Waals surface area contributed by atoms with Gasteiger partial charge >= 0.3 is 0 Å². The molecule has 0 unspecified atom stereocenters. The molecule has 1 heterocycles. The number of hydrogen-bond acceptors (Lipinski definition) is 1. The Bertz CT molecular complexity index is 341. The zero-order chi connectivity index (χ0) is 8.59. The number of nitrogens with zero attached hydrogens (tertiary/aromatic N) is 1. The van der Waals surface area contributed by atoms with E-state index in [1.165, 1.54) is 0 Å². The van der Waals surface area contributed by atoms with Crippen LogP contribution in [0.4, 0.5) is 0 Å². The normalized spacial score (nSPS) is 10.2. The minimum atomic E-state index is 0.0999. The maximum atomic E-state index is 11.3. The predicted molar refractivity (Wildman–Crippen MR) is 53.9 cm³/mol. The lowest BCUT2D eigenvalue weighted by Crippen LogP contribution is -2.21. The standard InChI is InChI=1S/C8H10INO/c1-5-4-7(9)6(2)10(3)8(5)11/h4H,1-3H3. The van der Waals surface area contributed by atoms with E-state index >= 15 is 0 Å². The Morgan fingerprint density at radius 3 is 2.55 bits per heavy atom. The van der Waals surface area contributed by atoms with Gasteiger partial charge in [-0.3, -0.25) is 4.79 Å². The summed E-state index contributed by atoms with van der Waals surface area (Å²) in [6, 6.07) is 1.91. The molecule has 0 saturated heterocycles. The summed E-state index contributed by atoms with van der Waals surface area (Å²) in [6.45, 7) is 3.78. The number of aryl methyl sites for hydroxylation is 1. The third-order valence-electron chi connectivity index (χ3n) is 1.83. The molecule has 1 aromatic rings. The molecule has 0 fully saturated rings. The van der Waals surface area contributed by atoms with Gasteiger partial charge in [0.2, 0.25) is 0 Å². The smallest absolute Gasteiger partial charge is 0.253 e. The summed E-state index contributed by atoms with van der Waals surface area (Å²) in [5, 5.41) is 0. The monoisotopic (exact) mass is 263 g/mol. The molecule has 60 valence electrons. The van der Waals surface area contributed by atoms with Crippen molar-refractivity contribution in [2.45, 2.75) is 13.8 Å². The van der Waals surface area contributed by atoms with Gasteiger partial charge in [0.1, 0.15) is 0 Å². The molecule has 0 atom stereocenters. The highest BCUT2D eigenvalue weighted by molar-refractivity contribution is 14.1. The average molecular weight is 263 g/mol. The van der Waals surface area contributed by atoms with Gasteiger partial charge in [-0.25, -0.2) is 0 Å². The van der Waals surface area contributed by atoms with Crippen LogP contribution in [-0.4, -0.2) is 4.57 Å². The topological polar surface area (TPSA) is 22.0 Å². The van der Waals surface area contributed by atoms with Crippen LogP contribution in [0.1, 0.15) is 11.3 Å². The van der Waals surface area contributed by atoms with E-state index in [0.717, 1.165) is 14.8 Å². The van der Waals surface area contributed by atoms with E-state index in [1.807, 2.05) is 19.9 Å². The molecule has 0 radical (unpaired) electrons. The van der Waals surface area contributed by atoms with Crippen molar-refractivity contribution in [2.24, 2.45) is 7.05 Å². The average Bonchev–Trinajstić information content (AvgIpc) is 1.97. The highest BCUT2D eigenvalue weighted by Gasteiger charge is 2.02. The summed E-state index contributed by atoms with van der Waals surface area (Å²) < 4.78 is 2.82. The first-order valence-electron chi connectivity index (χ1n) is 3.36. The number of halogens is 1. The van der Waals surface area contributed by atoms with Crippen molar-refractivity contribution >= 4 is 22.6 Å². The first-order valence-corrected chi connectivity index (χ1v) is 4.44. The molecule has 1 rings (SSSR count). The summed E-state index contributed by atoms with van der Waals surface area (Å²) in [6.07, 6.45) is 0. The maximum absolute atomic E-state index is 11.3. The van der Waals surface area contributed by atoms with Gasteiger partial charge in [0.05, 0.1) is 0 Å². The van der Waals surface area contributed by atoms with E-state index < -0.39 is 0 Å². The van der Waals surface area contributed by atoms with Crippen LogP contribution in [0.15, 0.2) is 10.9 Å². The van der Waals surface area contributed by atoms with Crippen molar-refractivity contribution in [2.75, 3.05) is 0 Å². The van der Waals surface area contributed by atoms with Gasteiger partial charge in [-0.15, -0.1) is 0 Å². The van der Waals surface area contributed by atoms with Crippen LogP contribution in [0.5, 0.6) is 0 Å². The predicted octanol–water partition coefficient (Wildman–Crippen LogP) is 1.61. The number of aromatic nitrogens is 1. The summed E-state index contributed by atoms with van der Waals surface area (Å²) in [5.41, 5.74) is 1.94. The zero-order valence-corrected chi connectivity index (χ0v) is 8.97. The van der Waals surface area contributed by atoms with Gasteiger partial charge in [-0.2, -0.15) is 0 Å². The Morgan fingerprint density at radius 1 is 1.45 bits per heavy atom. The summed E-state index contributed by atoms with van der Waals surface area (Å²) in [4.78, 5) is 11.3. The Labute approximate surface area is 79.4 Å². The molecular weight excluding hydrogens is 253 g/mol. The van der Waals surface area contributed by atoms with Crippen LogP contribution in [0.25, 0.3) is 0 Å². The Balaban J connectivity index is 3.59. The molecule has 0 aromatic carbocycles. The molecule has 0 amide bonds. The Kier molecular flexibility index (Phi) is 2.37. The van der Waals surface area contributed by atoms with Crippen molar-refractivity contribution in [3.05, 3.63) is 31.2 Å². The lowest BCUT2D eigenvalue weighted by Gasteiger charge is -2.06. The van der Waals surface area contributed by atoms with E-state index in [2.05, 4.69) is 22.6 Å². The van der Waals surface area contributed by atoms with E-state index in [9.17, 15) is 4.79 Å². The van der Waals surface area contributed by atoms with Crippen LogP contribution >= 0.6 is 22.6 Å². The minimum absolute atomic E-state index is 0.0999. The van der Waals surface area contributed by atoms with Crippen LogP contribution in [0.2, 0.25) is 0 Å². The molecule has 0 spiro atoms. The zero-order valence-electron chi connectivity index (χ0n) is 6.81. The van der Waals surface area contributed by atoms with E-state index in [4.69, 9.17) is 0 Å². The summed E-state index contributed by atoms with van der Waals surface area (Å²) in [7, 11) is 1.80. The van der Waals surface area contributed by atoms with Gasteiger partial charge in [-0.1, -0.05) is 0 Å². The highest BCUT2D eigenvalue weighted by atomic mass is 127. The summed E-state index contributed by atoms with van der Waals surface area (Å²) >= 11 is 2.23. The van der Waals surface area contributed by atoms with Gasteiger partial charge in [0.25, 0.3) is 5.56 Å². The molecular formula is C8H10INO. The summed E-state index contributed by atoms with van der Waals surface area (Å²) in [5.74, 6) is 0. The number of pyridine rings is 1. The van der Waals surface area contributed by atoms with Crippen molar-refractivity contribution in [3.8, 4) is 0 Å². The molecule has 11 heavy (non-hydrogen) atoms. The van der Waals surface area contributed by atoms with Gasteiger partial charge < -0.3 is 4.57 Å². The quantitative estimate of drug-likeness (QED) is 0.652. The van der Waals surface area contributed by atoms with Crippen molar-refractivity contribution < 1.29 is 0 Å². The van der Waals surface area contributed by atoms with Gasteiger partial charge in [0.15, 0.2) is 0 Å². The first kappa shape index (κ1) is 8.77. The van der Waals surface area contributed by atoms with Gasteiger partial charge in [-0.05, 0) is 42.5 Å². The molecule has 0 saturated carbocycles. The van der Waals surface area contributed by atoms with Crippen LogP contribution in [0, 0.1) is 17.4 Å². The highest BCUT2D eigenvalue weighted by Crippen LogP contribution is 2.08. The van der Waals surface area contributed by atoms with Gasteiger partial charge in [0, 0.05) is 21.9 Å². The third-order valence-corrected chi connectivity index (χ3v) is 2.93. The van der Waals surface area contributed by atoms with Crippen LogP contribution < -0.4 is 5.56 Å². The maximum Gasteiger partial charge on any atom is 0.253 e. The molecule has 0 N–H and O–H groups in total.